The molecule has 1 aromatic rings. The van der Waals surface area contributed by atoms with Crippen LogP contribution in [0.1, 0.15) is 43.5 Å². The Morgan fingerprint density at radius 1 is 1.33 bits per heavy atom. The van der Waals surface area contributed by atoms with Crippen LogP contribution in [0.2, 0.25) is 0 Å². The smallest absolute Gasteiger partial charge is 0.251 e. The number of carbonyl (C=O) groups excluding carboxylic acids is 2. The van der Waals surface area contributed by atoms with E-state index < -0.39 is 0 Å². The molecular formula is C16H25N3O2. The second kappa shape index (κ2) is 9.13. The first-order chi connectivity index (χ1) is 10.1. The van der Waals surface area contributed by atoms with Gasteiger partial charge in [0, 0.05) is 23.7 Å². The molecule has 5 heteroatoms. The molecule has 4 N–H and O–H groups in total. The molecule has 0 aromatic heterocycles. The molecule has 0 fully saturated rings. The SMILES string of the molecule is CCCNC(=O)c1cccc(NC(=O)C(C)CCCN)c1. The van der Waals surface area contributed by atoms with E-state index >= 15 is 0 Å². The van der Waals surface area contributed by atoms with Gasteiger partial charge in [0.1, 0.15) is 0 Å². The topological polar surface area (TPSA) is 84.2 Å². The molecule has 2 amide bonds. The highest BCUT2D eigenvalue weighted by atomic mass is 16.2. The first-order valence-electron chi connectivity index (χ1n) is 7.47. The number of carbonyl (C=O) groups is 2. The summed E-state index contributed by atoms with van der Waals surface area (Å²) < 4.78 is 0. The van der Waals surface area contributed by atoms with Gasteiger partial charge in [-0.1, -0.05) is 19.9 Å². The average Bonchev–Trinajstić information content (AvgIpc) is 2.50. The van der Waals surface area contributed by atoms with Gasteiger partial charge < -0.3 is 16.4 Å². The van der Waals surface area contributed by atoms with E-state index in [2.05, 4.69) is 10.6 Å². The minimum atomic E-state index is -0.121. The molecule has 0 radical (unpaired) electrons. The van der Waals surface area contributed by atoms with E-state index in [9.17, 15) is 9.59 Å². The monoisotopic (exact) mass is 291 g/mol. The number of amides is 2. The first kappa shape index (κ1) is 17.2. The van der Waals surface area contributed by atoms with Crippen molar-refractivity contribution in [3.8, 4) is 0 Å². The Kier molecular flexibility index (Phi) is 7.46. The van der Waals surface area contributed by atoms with Gasteiger partial charge in [-0.3, -0.25) is 9.59 Å². The summed E-state index contributed by atoms with van der Waals surface area (Å²) >= 11 is 0. The van der Waals surface area contributed by atoms with E-state index in [0.717, 1.165) is 19.3 Å². The molecule has 1 atom stereocenters. The van der Waals surface area contributed by atoms with Crippen LogP contribution in [-0.2, 0) is 4.79 Å². The number of benzene rings is 1. The molecule has 0 bridgehead atoms. The van der Waals surface area contributed by atoms with E-state index in [1.54, 1.807) is 24.3 Å². The van der Waals surface area contributed by atoms with Gasteiger partial charge in [-0.2, -0.15) is 0 Å². The maximum atomic E-state index is 12.0. The molecule has 0 saturated heterocycles. The Hall–Kier alpha value is -1.88. The number of hydrogen-bond acceptors (Lipinski definition) is 3. The number of anilines is 1. The molecule has 1 unspecified atom stereocenters. The maximum absolute atomic E-state index is 12.0. The van der Waals surface area contributed by atoms with Crippen LogP contribution < -0.4 is 16.4 Å². The van der Waals surface area contributed by atoms with Crippen LogP contribution in [0, 0.1) is 5.92 Å². The molecule has 0 heterocycles. The Labute approximate surface area is 126 Å². The van der Waals surface area contributed by atoms with Gasteiger partial charge in [0.2, 0.25) is 5.91 Å². The largest absolute Gasteiger partial charge is 0.352 e. The zero-order valence-electron chi connectivity index (χ0n) is 12.8. The highest BCUT2D eigenvalue weighted by molar-refractivity contribution is 5.97. The lowest BCUT2D eigenvalue weighted by Crippen LogP contribution is -2.24. The van der Waals surface area contributed by atoms with E-state index in [1.165, 1.54) is 0 Å². The van der Waals surface area contributed by atoms with Crippen molar-refractivity contribution in [3.05, 3.63) is 29.8 Å². The van der Waals surface area contributed by atoms with E-state index in [-0.39, 0.29) is 17.7 Å². The van der Waals surface area contributed by atoms with Crippen molar-refractivity contribution in [2.75, 3.05) is 18.4 Å². The molecule has 1 rings (SSSR count). The lowest BCUT2D eigenvalue weighted by atomic mass is 10.0. The number of nitrogens with one attached hydrogen (secondary N) is 2. The predicted octanol–water partition coefficient (Wildman–Crippen LogP) is 2.14. The normalized spacial score (nSPS) is 11.8. The Bertz CT molecular complexity index is 474. The molecule has 0 aliphatic rings. The van der Waals surface area contributed by atoms with E-state index in [0.29, 0.717) is 24.3 Å². The molecule has 116 valence electrons. The highest BCUT2D eigenvalue weighted by Gasteiger charge is 2.13. The van der Waals surface area contributed by atoms with Crippen LogP contribution in [0.3, 0.4) is 0 Å². The van der Waals surface area contributed by atoms with Gasteiger partial charge in [0.05, 0.1) is 0 Å². The Morgan fingerprint density at radius 3 is 2.76 bits per heavy atom. The summed E-state index contributed by atoms with van der Waals surface area (Å²) in [6, 6.07) is 6.97. The fourth-order valence-corrected chi connectivity index (χ4v) is 1.90. The number of rotatable bonds is 8. The van der Waals surface area contributed by atoms with Crippen molar-refractivity contribution in [2.24, 2.45) is 11.7 Å². The van der Waals surface area contributed by atoms with Gasteiger partial charge in [0.25, 0.3) is 5.91 Å². The van der Waals surface area contributed by atoms with Crippen molar-refractivity contribution >= 4 is 17.5 Å². The van der Waals surface area contributed by atoms with Crippen LogP contribution in [0.4, 0.5) is 5.69 Å². The standard InChI is InChI=1S/C16H25N3O2/c1-3-10-18-16(21)13-7-4-8-14(11-13)19-15(20)12(2)6-5-9-17/h4,7-8,11-12H,3,5-6,9-10,17H2,1-2H3,(H,18,21)(H,19,20). The summed E-state index contributed by atoms with van der Waals surface area (Å²) in [7, 11) is 0. The molecular weight excluding hydrogens is 266 g/mol. The fourth-order valence-electron chi connectivity index (χ4n) is 1.90. The maximum Gasteiger partial charge on any atom is 0.251 e. The summed E-state index contributed by atoms with van der Waals surface area (Å²) in [6.45, 7) is 5.11. The summed E-state index contributed by atoms with van der Waals surface area (Å²) in [5.74, 6) is -0.259. The second-order valence-corrected chi connectivity index (χ2v) is 5.16. The quantitative estimate of drug-likeness (QED) is 0.686. The zero-order chi connectivity index (χ0) is 15.7. The van der Waals surface area contributed by atoms with Gasteiger partial charge >= 0.3 is 0 Å². The third-order valence-corrected chi connectivity index (χ3v) is 3.22. The van der Waals surface area contributed by atoms with Crippen molar-refractivity contribution in [2.45, 2.75) is 33.1 Å². The Morgan fingerprint density at radius 2 is 2.10 bits per heavy atom. The molecule has 1 aromatic carbocycles. The minimum absolute atomic E-state index is 0.0467. The second-order valence-electron chi connectivity index (χ2n) is 5.16. The van der Waals surface area contributed by atoms with Crippen molar-refractivity contribution in [3.63, 3.8) is 0 Å². The van der Waals surface area contributed by atoms with Crippen LogP contribution >= 0.6 is 0 Å². The van der Waals surface area contributed by atoms with Gasteiger partial charge in [-0.25, -0.2) is 0 Å². The lowest BCUT2D eigenvalue weighted by Gasteiger charge is -2.12. The van der Waals surface area contributed by atoms with Gasteiger partial charge in [-0.05, 0) is 44.0 Å². The summed E-state index contributed by atoms with van der Waals surface area (Å²) in [6.07, 6.45) is 2.48. The summed E-state index contributed by atoms with van der Waals surface area (Å²) in [4.78, 5) is 23.9. The van der Waals surface area contributed by atoms with Crippen LogP contribution in [0.5, 0.6) is 0 Å². The number of hydrogen-bond donors (Lipinski definition) is 3. The lowest BCUT2D eigenvalue weighted by molar-refractivity contribution is -0.119. The van der Waals surface area contributed by atoms with Crippen molar-refractivity contribution in [1.29, 1.82) is 0 Å². The molecule has 5 nitrogen and oxygen atoms in total. The zero-order valence-corrected chi connectivity index (χ0v) is 12.8. The molecule has 0 saturated carbocycles. The van der Waals surface area contributed by atoms with Crippen LogP contribution in [-0.4, -0.2) is 24.9 Å². The summed E-state index contributed by atoms with van der Waals surface area (Å²) in [5, 5.41) is 5.66. The minimum Gasteiger partial charge on any atom is -0.352 e. The molecule has 0 aliphatic carbocycles. The van der Waals surface area contributed by atoms with E-state index in [1.807, 2.05) is 13.8 Å². The Balaban J connectivity index is 2.63. The van der Waals surface area contributed by atoms with Gasteiger partial charge in [-0.15, -0.1) is 0 Å². The predicted molar refractivity (Wildman–Crippen MR) is 85.1 cm³/mol. The average molecular weight is 291 g/mol. The third-order valence-electron chi connectivity index (χ3n) is 3.22. The molecule has 21 heavy (non-hydrogen) atoms. The molecule has 0 aliphatic heterocycles. The van der Waals surface area contributed by atoms with Gasteiger partial charge in [0.15, 0.2) is 0 Å². The van der Waals surface area contributed by atoms with Crippen molar-refractivity contribution < 1.29 is 9.59 Å². The fraction of sp³-hybridized carbons (Fsp3) is 0.500. The van der Waals surface area contributed by atoms with Crippen LogP contribution in [0.15, 0.2) is 24.3 Å². The van der Waals surface area contributed by atoms with Crippen molar-refractivity contribution in [1.82, 2.24) is 5.32 Å². The van der Waals surface area contributed by atoms with E-state index in [4.69, 9.17) is 5.73 Å². The molecule has 0 spiro atoms. The number of nitrogens with two attached hydrogens (primary N) is 1. The first-order valence-corrected chi connectivity index (χ1v) is 7.47. The van der Waals surface area contributed by atoms with Crippen LogP contribution in [0.25, 0.3) is 0 Å². The highest BCUT2D eigenvalue weighted by Crippen LogP contribution is 2.14. The summed E-state index contributed by atoms with van der Waals surface area (Å²) in [5.41, 5.74) is 6.64. The third kappa shape index (κ3) is 5.95.